The van der Waals surface area contributed by atoms with Gasteiger partial charge in [-0.1, -0.05) is 6.07 Å². The van der Waals surface area contributed by atoms with E-state index < -0.39 is 0 Å². The normalized spacial score (nSPS) is 25.8. The van der Waals surface area contributed by atoms with Gasteiger partial charge >= 0.3 is 5.97 Å². The van der Waals surface area contributed by atoms with Gasteiger partial charge < -0.3 is 15.0 Å². The summed E-state index contributed by atoms with van der Waals surface area (Å²) in [6.45, 7) is 10.1. The van der Waals surface area contributed by atoms with Crippen LogP contribution in [-0.2, 0) is 16.1 Å². The summed E-state index contributed by atoms with van der Waals surface area (Å²) in [6.07, 6.45) is 2.35. The van der Waals surface area contributed by atoms with E-state index in [0.29, 0.717) is 30.6 Å². The molecule has 1 unspecified atom stereocenters. The van der Waals surface area contributed by atoms with Gasteiger partial charge in [0.1, 0.15) is 6.61 Å². The van der Waals surface area contributed by atoms with Crippen LogP contribution in [0, 0.1) is 19.8 Å². The summed E-state index contributed by atoms with van der Waals surface area (Å²) in [6, 6.07) is 8.41. The third kappa shape index (κ3) is 3.91. The summed E-state index contributed by atoms with van der Waals surface area (Å²) in [5, 5.41) is 3.73. The fourth-order valence-corrected chi connectivity index (χ4v) is 5.47. The van der Waals surface area contributed by atoms with Gasteiger partial charge in [0.2, 0.25) is 5.91 Å². The molecule has 1 aromatic carbocycles. The number of carbonyl (C=O) groups excluding carboxylic acids is 2. The number of hydrogen-bond donors (Lipinski definition) is 1. The second-order valence-electron chi connectivity index (χ2n) is 9.45. The molecule has 168 valence electrons. The van der Waals surface area contributed by atoms with E-state index in [2.05, 4.69) is 35.1 Å². The van der Waals surface area contributed by atoms with Crippen LogP contribution in [0.2, 0.25) is 0 Å². The Morgan fingerprint density at radius 2 is 2.00 bits per heavy atom. The van der Waals surface area contributed by atoms with Crippen molar-refractivity contribution < 1.29 is 14.3 Å². The maximum atomic E-state index is 12.7. The van der Waals surface area contributed by atoms with Crippen LogP contribution in [0.1, 0.15) is 52.1 Å². The van der Waals surface area contributed by atoms with Gasteiger partial charge in [-0.25, -0.2) is 4.79 Å². The number of esters is 1. The Morgan fingerprint density at radius 1 is 1.16 bits per heavy atom. The molecule has 3 aliphatic rings. The summed E-state index contributed by atoms with van der Waals surface area (Å²) >= 11 is 0. The lowest BCUT2D eigenvalue weighted by Crippen LogP contribution is -2.52. The summed E-state index contributed by atoms with van der Waals surface area (Å²) in [4.78, 5) is 33.2. The van der Waals surface area contributed by atoms with Crippen LogP contribution in [0.3, 0.4) is 0 Å². The van der Waals surface area contributed by atoms with E-state index in [4.69, 9.17) is 4.74 Å². The number of nitrogens with zero attached hydrogens (tertiary/aromatic N) is 3. The smallest absolute Gasteiger partial charge is 0.338 e. The summed E-state index contributed by atoms with van der Waals surface area (Å²) < 4.78 is 5.23. The highest BCUT2D eigenvalue weighted by atomic mass is 16.5. The minimum absolute atomic E-state index is 0.191. The van der Waals surface area contributed by atoms with Crippen molar-refractivity contribution in [3.8, 4) is 0 Å². The molecule has 7 heteroatoms. The van der Waals surface area contributed by atoms with Gasteiger partial charge in [0.05, 0.1) is 5.56 Å². The molecule has 2 saturated heterocycles. The fraction of sp³-hybridized carbons (Fsp3) is 0.480. The standard InChI is InChI=1S/C25H30N4O3/c1-15-8-19(6-7-26-15)29-12-18(9-24(29)30)11-28-10-16(2)27-23(13-28)20-4-5-21-22(17(20)3)14-32-25(21)31/h4-8,16,18,23,27H,9-14H2,1-3H3/t16-,18?,23-/m0/s1. The number of benzene rings is 1. The van der Waals surface area contributed by atoms with Crippen LogP contribution in [0.25, 0.3) is 0 Å². The van der Waals surface area contributed by atoms with E-state index >= 15 is 0 Å². The molecule has 0 radical (unpaired) electrons. The molecular formula is C25H30N4O3. The summed E-state index contributed by atoms with van der Waals surface area (Å²) in [5.41, 5.74) is 5.97. The number of hydrogen-bond acceptors (Lipinski definition) is 6. The molecule has 2 aromatic rings. The number of aromatic nitrogens is 1. The molecule has 0 saturated carbocycles. The first kappa shape index (κ1) is 21.1. The van der Waals surface area contributed by atoms with Gasteiger partial charge in [-0.2, -0.15) is 0 Å². The summed E-state index contributed by atoms with van der Waals surface area (Å²) in [7, 11) is 0. The third-order valence-electron chi connectivity index (χ3n) is 6.96. The summed E-state index contributed by atoms with van der Waals surface area (Å²) in [5.74, 6) is 0.287. The van der Waals surface area contributed by atoms with E-state index in [-0.39, 0.29) is 17.9 Å². The van der Waals surface area contributed by atoms with Crippen LogP contribution in [0.5, 0.6) is 0 Å². The number of pyridine rings is 1. The van der Waals surface area contributed by atoms with E-state index in [1.807, 2.05) is 30.0 Å². The van der Waals surface area contributed by atoms with Gasteiger partial charge in [-0.15, -0.1) is 0 Å². The average molecular weight is 435 g/mol. The van der Waals surface area contributed by atoms with E-state index in [0.717, 1.165) is 48.7 Å². The number of piperazine rings is 1. The SMILES string of the molecule is Cc1cc(N2CC(CN3C[C@@H](c4ccc5c(c4C)COC5=O)N[C@@H](C)C3)CC2=O)ccn1. The second-order valence-corrected chi connectivity index (χ2v) is 9.45. The van der Waals surface area contributed by atoms with Gasteiger partial charge in [0.15, 0.2) is 0 Å². The molecule has 4 heterocycles. The number of nitrogens with one attached hydrogen (secondary N) is 1. The molecule has 1 N–H and O–H groups in total. The number of aryl methyl sites for hydroxylation is 1. The molecule has 0 spiro atoms. The van der Waals surface area contributed by atoms with Gasteiger partial charge in [0, 0.05) is 67.8 Å². The predicted molar refractivity (Wildman–Crippen MR) is 122 cm³/mol. The topological polar surface area (TPSA) is 74.8 Å². The second kappa shape index (κ2) is 8.30. The number of ether oxygens (including phenoxy) is 1. The lowest BCUT2D eigenvalue weighted by molar-refractivity contribution is -0.117. The first-order valence-corrected chi connectivity index (χ1v) is 11.4. The van der Waals surface area contributed by atoms with Crippen LogP contribution in [0.4, 0.5) is 5.69 Å². The van der Waals surface area contributed by atoms with Crippen LogP contribution < -0.4 is 10.2 Å². The van der Waals surface area contributed by atoms with E-state index in [1.165, 1.54) is 5.56 Å². The lowest BCUT2D eigenvalue weighted by atomic mass is 9.92. The molecule has 0 bridgehead atoms. The fourth-order valence-electron chi connectivity index (χ4n) is 5.47. The zero-order chi connectivity index (χ0) is 22.4. The van der Waals surface area contributed by atoms with Crippen molar-refractivity contribution >= 4 is 17.6 Å². The highest BCUT2D eigenvalue weighted by molar-refractivity contribution is 5.95. The first-order valence-electron chi connectivity index (χ1n) is 11.4. The molecule has 5 rings (SSSR count). The van der Waals surface area contributed by atoms with Crippen molar-refractivity contribution in [1.82, 2.24) is 15.2 Å². The van der Waals surface area contributed by atoms with Crippen LogP contribution in [0.15, 0.2) is 30.5 Å². The van der Waals surface area contributed by atoms with Crippen molar-refractivity contribution in [2.45, 2.75) is 45.9 Å². The number of anilines is 1. The number of carbonyl (C=O) groups is 2. The van der Waals surface area contributed by atoms with Crippen molar-refractivity contribution in [3.63, 3.8) is 0 Å². The maximum absolute atomic E-state index is 12.7. The van der Waals surface area contributed by atoms with Gasteiger partial charge in [-0.3, -0.25) is 14.7 Å². The van der Waals surface area contributed by atoms with E-state index in [9.17, 15) is 9.59 Å². The maximum Gasteiger partial charge on any atom is 0.338 e. The molecule has 2 fully saturated rings. The Balaban J connectivity index is 1.29. The Labute approximate surface area is 188 Å². The minimum Gasteiger partial charge on any atom is -0.457 e. The number of rotatable bonds is 4. The zero-order valence-electron chi connectivity index (χ0n) is 18.9. The van der Waals surface area contributed by atoms with Crippen LogP contribution in [-0.4, -0.2) is 54.0 Å². The highest BCUT2D eigenvalue weighted by Crippen LogP contribution is 2.32. The number of amides is 1. The molecular weight excluding hydrogens is 404 g/mol. The van der Waals surface area contributed by atoms with Gasteiger partial charge in [0.25, 0.3) is 0 Å². The quantitative estimate of drug-likeness (QED) is 0.746. The van der Waals surface area contributed by atoms with Crippen molar-refractivity contribution in [1.29, 1.82) is 0 Å². The monoisotopic (exact) mass is 434 g/mol. The lowest BCUT2D eigenvalue weighted by Gasteiger charge is -2.39. The minimum atomic E-state index is -0.221. The molecule has 32 heavy (non-hydrogen) atoms. The number of fused-ring (bicyclic) bond motifs is 1. The average Bonchev–Trinajstić information content (AvgIpc) is 3.31. The third-order valence-corrected chi connectivity index (χ3v) is 6.96. The number of cyclic esters (lactones) is 1. The molecule has 1 amide bonds. The molecule has 3 aliphatic heterocycles. The Kier molecular flexibility index (Phi) is 5.47. The molecule has 0 aliphatic carbocycles. The Bertz CT molecular complexity index is 1070. The van der Waals surface area contributed by atoms with E-state index in [1.54, 1.807) is 6.20 Å². The van der Waals surface area contributed by atoms with Crippen molar-refractivity contribution in [2.24, 2.45) is 5.92 Å². The zero-order valence-corrected chi connectivity index (χ0v) is 18.9. The molecule has 7 nitrogen and oxygen atoms in total. The van der Waals surface area contributed by atoms with Crippen molar-refractivity contribution in [2.75, 3.05) is 31.1 Å². The molecule has 1 aromatic heterocycles. The first-order chi connectivity index (χ1) is 15.4. The van der Waals surface area contributed by atoms with Crippen LogP contribution >= 0.6 is 0 Å². The Hall–Kier alpha value is -2.77. The highest BCUT2D eigenvalue weighted by Gasteiger charge is 2.35. The largest absolute Gasteiger partial charge is 0.457 e. The predicted octanol–water partition coefficient (Wildman–Crippen LogP) is 2.76. The Morgan fingerprint density at radius 3 is 2.81 bits per heavy atom. The molecule has 3 atom stereocenters. The van der Waals surface area contributed by atoms with Crippen molar-refractivity contribution in [3.05, 3.63) is 58.4 Å². The van der Waals surface area contributed by atoms with Gasteiger partial charge in [-0.05, 0) is 56.0 Å².